The maximum Gasteiger partial charge on any atom is 0.266 e. The van der Waals surface area contributed by atoms with Crippen LogP contribution in [0.4, 0.5) is 0 Å². The number of allylic oxidation sites excluding steroid dienone is 1. The molecule has 2 aromatic heterocycles. The molecule has 0 amide bonds. The van der Waals surface area contributed by atoms with Crippen LogP contribution < -0.4 is 15.6 Å². The van der Waals surface area contributed by atoms with E-state index in [4.69, 9.17) is 26.6 Å². The van der Waals surface area contributed by atoms with Gasteiger partial charge >= 0.3 is 0 Å². The average molecular weight is 602 g/mol. The summed E-state index contributed by atoms with van der Waals surface area (Å²) in [5.41, 5.74) is 4.74. The predicted octanol–water partition coefficient (Wildman–Crippen LogP) is 5.87. The second-order valence-corrected chi connectivity index (χ2v) is 11.5. The lowest BCUT2D eigenvalue weighted by atomic mass is 10.0. The summed E-state index contributed by atoms with van der Waals surface area (Å²) in [4.78, 5) is 21.3. The number of rotatable bonds is 8. The summed E-state index contributed by atoms with van der Waals surface area (Å²) in [5.74, 6) is 0.504. The van der Waals surface area contributed by atoms with Gasteiger partial charge in [0.15, 0.2) is 0 Å². The smallest absolute Gasteiger partial charge is 0.266 e. The Kier molecular flexibility index (Phi) is 9.21. The summed E-state index contributed by atoms with van der Waals surface area (Å²) >= 11 is 7.82. The van der Waals surface area contributed by atoms with E-state index in [2.05, 4.69) is 11.4 Å². The molecule has 1 aliphatic heterocycles. The number of aliphatic hydroxyl groups is 1. The third kappa shape index (κ3) is 6.19. The average Bonchev–Trinajstić information content (AvgIpc) is 3.48. The highest BCUT2D eigenvalue weighted by molar-refractivity contribution is 7.13. The number of nitriles is 1. The molecule has 0 bridgehead atoms. The van der Waals surface area contributed by atoms with Crippen molar-refractivity contribution < 1.29 is 9.84 Å². The number of ether oxygens (including phenoxy) is 1. The molecule has 5 rings (SSSR count). The van der Waals surface area contributed by atoms with Gasteiger partial charge in [0.2, 0.25) is 0 Å². The Morgan fingerprint density at radius 2 is 1.95 bits per heavy atom. The molecular weight excluding hydrogens is 570 g/mol. The van der Waals surface area contributed by atoms with Crippen molar-refractivity contribution in [3.05, 3.63) is 91.7 Å². The topological polar surface area (TPSA) is 103 Å². The van der Waals surface area contributed by atoms with Crippen LogP contribution in [0.5, 0.6) is 5.75 Å². The minimum Gasteiger partial charge on any atom is -0.492 e. The molecule has 8 nitrogen and oxygen atoms in total. The van der Waals surface area contributed by atoms with Crippen LogP contribution in [0.25, 0.3) is 33.6 Å². The van der Waals surface area contributed by atoms with Crippen LogP contribution in [-0.2, 0) is 0 Å². The van der Waals surface area contributed by atoms with Crippen LogP contribution in [-0.4, -0.2) is 52.3 Å². The van der Waals surface area contributed by atoms with Gasteiger partial charge in [-0.2, -0.15) is 5.26 Å². The standard InChI is InChI=1S/C32H32ClN5O3S/c1-4-41-29-10-9-23(33)16-28(29)38-27(15-20(2)3)24(31(39)37-13-11-35-12-14-37)17-25(32(38)40)30-36-26(19-42-30)22-7-5-21(18-34)6-8-22/h5-10,15-17,19,31,35,39H,4,11-14H2,1-3H3. The molecule has 10 heteroatoms. The Labute approximate surface area is 254 Å². The van der Waals surface area contributed by atoms with E-state index in [1.807, 2.05) is 49.3 Å². The van der Waals surface area contributed by atoms with Crippen LogP contribution >= 0.6 is 22.9 Å². The minimum atomic E-state index is -0.962. The molecule has 1 saturated heterocycles. The Balaban J connectivity index is 1.78. The summed E-state index contributed by atoms with van der Waals surface area (Å²) in [6.07, 6.45) is 0.947. The van der Waals surface area contributed by atoms with Gasteiger partial charge in [-0.05, 0) is 63.2 Å². The fraction of sp³-hybridized carbons (Fsp3) is 0.281. The second-order valence-electron chi connectivity index (χ2n) is 10.2. The third-order valence-electron chi connectivity index (χ3n) is 6.98. The lowest BCUT2D eigenvalue weighted by Gasteiger charge is -2.33. The maximum absolute atomic E-state index is 14.5. The Hall–Kier alpha value is -3.78. The molecule has 2 N–H and O–H groups in total. The Bertz CT molecular complexity index is 1710. The Morgan fingerprint density at radius 3 is 2.62 bits per heavy atom. The SMILES string of the molecule is CCOc1ccc(Cl)cc1-n1c(C=C(C)C)c(C(O)N2CCNCC2)cc(-c2nc(-c3ccc(C#N)cc3)cs2)c1=O. The highest BCUT2D eigenvalue weighted by atomic mass is 35.5. The van der Waals surface area contributed by atoms with Gasteiger partial charge in [-0.3, -0.25) is 14.3 Å². The number of hydrogen-bond acceptors (Lipinski definition) is 8. The Morgan fingerprint density at radius 1 is 1.21 bits per heavy atom. The van der Waals surface area contributed by atoms with Crippen molar-refractivity contribution in [2.45, 2.75) is 27.0 Å². The summed E-state index contributed by atoms with van der Waals surface area (Å²) in [6.45, 7) is 9.02. The number of piperazine rings is 1. The first-order valence-electron chi connectivity index (χ1n) is 13.8. The van der Waals surface area contributed by atoms with Crippen molar-refractivity contribution in [2.75, 3.05) is 32.8 Å². The lowest BCUT2D eigenvalue weighted by molar-refractivity contribution is -0.00595. The first kappa shape index (κ1) is 29.7. The van der Waals surface area contributed by atoms with Crippen molar-refractivity contribution >= 4 is 29.0 Å². The molecule has 3 heterocycles. The van der Waals surface area contributed by atoms with Gasteiger partial charge < -0.3 is 15.2 Å². The van der Waals surface area contributed by atoms with Gasteiger partial charge in [-0.1, -0.05) is 29.3 Å². The molecule has 0 radical (unpaired) electrons. The van der Waals surface area contributed by atoms with Crippen molar-refractivity contribution in [3.63, 3.8) is 0 Å². The van der Waals surface area contributed by atoms with Gasteiger partial charge in [0, 0.05) is 47.7 Å². The first-order valence-corrected chi connectivity index (χ1v) is 15.0. The molecule has 2 aromatic carbocycles. The van der Waals surface area contributed by atoms with Gasteiger partial charge in [-0.15, -0.1) is 11.3 Å². The molecule has 216 valence electrons. The first-order chi connectivity index (χ1) is 20.3. The van der Waals surface area contributed by atoms with Crippen molar-refractivity contribution in [3.8, 4) is 39.3 Å². The normalized spacial score (nSPS) is 14.3. The lowest BCUT2D eigenvalue weighted by Crippen LogP contribution is -2.45. The molecule has 1 aliphatic rings. The van der Waals surface area contributed by atoms with Gasteiger partial charge in [0.05, 0.1) is 40.9 Å². The molecule has 42 heavy (non-hydrogen) atoms. The van der Waals surface area contributed by atoms with E-state index >= 15 is 0 Å². The number of aliphatic hydroxyl groups excluding tert-OH is 1. The van der Waals surface area contributed by atoms with Crippen LogP contribution in [0.2, 0.25) is 5.02 Å². The summed E-state index contributed by atoms with van der Waals surface area (Å²) in [5, 5.41) is 27.1. The summed E-state index contributed by atoms with van der Waals surface area (Å²) in [7, 11) is 0. The number of thiazole rings is 1. The van der Waals surface area contributed by atoms with E-state index in [1.165, 1.54) is 11.3 Å². The van der Waals surface area contributed by atoms with Crippen LogP contribution in [0.15, 0.2) is 64.3 Å². The number of nitrogens with zero attached hydrogens (tertiary/aromatic N) is 4. The molecule has 0 spiro atoms. The van der Waals surface area contributed by atoms with E-state index in [0.29, 0.717) is 69.2 Å². The van der Waals surface area contributed by atoms with Crippen LogP contribution in [0, 0.1) is 11.3 Å². The quantitative estimate of drug-likeness (QED) is 0.260. The summed E-state index contributed by atoms with van der Waals surface area (Å²) < 4.78 is 7.53. The van der Waals surface area contributed by atoms with Crippen molar-refractivity contribution in [1.82, 2.24) is 19.8 Å². The molecular formula is C32H32ClN5O3S. The van der Waals surface area contributed by atoms with Gasteiger partial charge in [0.1, 0.15) is 17.0 Å². The summed E-state index contributed by atoms with van der Waals surface area (Å²) in [6, 6.07) is 16.3. The molecule has 1 atom stereocenters. The van der Waals surface area contributed by atoms with E-state index < -0.39 is 6.23 Å². The van der Waals surface area contributed by atoms with Crippen LogP contribution in [0.3, 0.4) is 0 Å². The third-order valence-corrected chi connectivity index (χ3v) is 8.09. The molecule has 0 aliphatic carbocycles. The number of halogens is 1. The zero-order valence-electron chi connectivity index (χ0n) is 23.7. The molecule has 1 unspecified atom stereocenters. The van der Waals surface area contributed by atoms with Gasteiger partial charge in [0.25, 0.3) is 5.56 Å². The largest absolute Gasteiger partial charge is 0.492 e. The predicted molar refractivity (Wildman–Crippen MR) is 168 cm³/mol. The highest BCUT2D eigenvalue weighted by Crippen LogP contribution is 2.35. The number of benzene rings is 2. The maximum atomic E-state index is 14.5. The number of pyridine rings is 1. The highest BCUT2D eigenvalue weighted by Gasteiger charge is 2.28. The zero-order chi connectivity index (χ0) is 29.8. The minimum absolute atomic E-state index is 0.303. The number of nitrogens with one attached hydrogen (secondary N) is 1. The van der Waals surface area contributed by atoms with E-state index in [0.717, 1.165) is 24.2 Å². The molecule has 4 aromatic rings. The van der Waals surface area contributed by atoms with E-state index in [9.17, 15) is 9.90 Å². The van der Waals surface area contributed by atoms with E-state index in [-0.39, 0.29) is 5.56 Å². The van der Waals surface area contributed by atoms with Crippen molar-refractivity contribution in [1.29, 1.82) is 5.26 Å². The van der Waals surface area contributed by atoms with Crippen LogP contribution in [0.1, 0.15) is 43.8 Å². The van der Waals surface area contributed by atoms with Crippen molar-refractivity contribution in [2.24, 2.45) is 0 Å². The monoisotopic (exact) mass is 601 g/mol. The zero-order valence-corrected chi connectivity index (χ0v) is 25.3. The van der Waals surface area contributed by atoms with E-state index in [1.54, 1.807) is 41.0 Å². The molecule has 1 fully saturated rings. The molecule has 0 saturated carbocycles. The number of aromatic nitrogens is 2. The number of hydrogen-bond donors (Lipinski definition) is 2. The fourth-order valence-electron chi connectivity index (χ4n) is 4.98. The fourth-order valence-corrected chi connectivity index (χ4v) is 5.99. The van der Waals surface area contributed by atoms with Gasteiger partial charge in [-0.25, -0.2) is 4.98 Å². The second kappa shape index (κ2) is 13.0.